The van der Waals surface area contributed by atoms with Gasteiger partial charge in [-0.15, -0.1) is 0 Å². The number of ether oxygens (including phenoxy) is 1. The highest BCUT2D eigenvalue weighted by Gasteiger charge is 2.56. The van der Waals surface area contributed by atoms with Gasteiger partial charge in [-0.2, -0.15) is 0 Å². The standard InChI is InChI=1S/C22H26N2O3/c1-13-6-7-18(27-5)17(12-13)23-20(25)22(8-9-22)21(26)24-19-15(3)10-14(2)11-16(19)4/h6-7,10-12H,8-9H2,1-5H3,(H,23,25)(H,24,26). The Hall–Kier alpha value is -2.82. The van der Waals surface area contributed by atoms with Crippen molar-refractivity contribution in [3.63, 3.8) is 0 Å². The molecule has 2 aromatic carbocycles. The van der Waals surface area contributed by atoms with Crippen molar-refractivity contribution in [3.05, 3.63) is 52.6 Å². The summed E-state index contributed by atoms with van der Waals surface area (Å²) in [5, 5.41) is 5.87. The number of nitrogens with one attached hydrogen (secondary N) is 2. The third-order valence-corrected chi connectivity index (χ3v) is 5.14. The van der Waals surface area contributed by atoms with Crippen molar-refractivity contribution in [2.24, 2.45) is 5.41 Å². The van der Waals surface area contributed by atoms with Gasteiger partial charge in [0.1, 0.15) is 11.2 Å². The number of rotatable bonds is 5. The number of benzene rings is 2. The van der Waals surface area contributed by atoms with Crippen LogP contribution in [-0.4, -0.2) is 18.9 Å². The van der Waals surface area contributed by atoms with E-state index in [0.717, 1.165) is 27.9 Å². The van der Waals surface area contributed by atoms with Crippen LogP contribution in [0.15, 0.2) is 30.3 Å². The van der Waals surface area contributed by atoms with Crippen molar-refractivity contribution >= 4 is 23.2 Å². The van der Waals surface area contributed by atoms with Crippen LogP contribution in [0.3, 0.4) is 0 Å². The molecule has 5 heteroatoms. The zero-order valence-electron chi connectivity index (χ0n) is 16.5. The Labute approximate surface area is 160 Å². The first-order chi connectivity index (χ1) is 12.8. The van der Waals surface area contributed by atoms with Crippen LogP contribution in [0.5, 0.6) is 5.75 Å². The van der Waals surface area contributed by atoms with E-state index in [2.05, 4.69) is 10.6 Å². The maximum absolute atomic E-state index is 12.9. The Balaban J connectivity index is 1.80. The summed E-state index contributed by atoms with van der Waals surface area (Å²) >= 11 is 0. The predicted octanol–water partition coefficient (Wildman–Crippen LogP) is 4.29. The van der Waals surface area contributed by atoms with E-state index >= 15 is 0 Å². The normalized spacial score (nSPS) is 14.4. The molecule has 27 heavy (non-hydrogen) atoms. The molecule has 0 radical (unpaired) electrons. The van der Waals surface area contributed by atoms with Crippen molar-refractivity contribution in [2.45, 2.75) is 40.5 Å². The Morgan fingerprint density at radius 3 is 2.04 bits per heavy atom. The van der Waals surface area contributed by atoms with Gasteiger partial charge in [0.15, 0.2) is 0 Å². The Morgan fingerprint density at radius 1 is 0.889 bits per heavy atom. The van der Waals surface area contributed by atoms with Gasteiger partial charge in [-0.1, -0.05) is 23.8 Å². The van der Waals surface area contributed by atoms with Gasteiger partial charge in [0, 0.05) is 5.69 Å². The van der Waals surface area contributed by atoms with E-state index < -0.39 is 5.41 Å². The van der Waals surface area contributed by atoms with Gasteiger partial charge in [0.05, 0.1) is 12.8 Å². The first-order valence-corrected chi connectivity index (χ1v) is 9.12. The van der Waals surface area contributed by atoms with Crippen molar-refractivity contribution < 1.29 is 14.3 Å². The molecule has 0 saturated heterocycles. The third-order valence-electron chi connectivity index (χ3n) is 5.14. The number of aryl methyl sites for hydroxylation is 4. The summed E-state index contributed by atoms with van der Waals surface area (Å²) in [4.78, 5) is 25.8. The van der Waals surface area contributed by atoms with Crippen molar-refractivity contribution in [2.75, 3.05) is 17.7 Å². The smallest absolute Gasteiger partial charge is 0.240 e. The Morgan fingerprint density at radius 2 is 1.48 bits per heavy atom. The van der Waals surface area contributed by atoms with E-state index in [1.807, 2.05) is 58.0 Å². The molecule has 1 saturated carbocycles. The number of methoxy groups -OCH3 is 1. The van der Waals surface area contributed by atoms with E-state index in [1.54, 1.807) is 7.11 Å². The van der Waals surface area contributed by atoms with E-state index in [9.17, 15) is 9.59 Å². The molecular formula is C22H26N2O3. The highest BCUT2D eigenvalue weighted by molar-refractivity contribution is 6.17. The second kappa shape index (κ2) is 7.06. The van der Waals surface area contributed by atoms with Crippen LogP contribution in [0.1, 0.15) is 35.1 Å². The number of hydrogen-bond donors (Lipinski definition) is 2. The van der Waals surface area contributed by atoms with Gasteiger partial charge in [-0.25, -0.2) is 0 Å². The molecule has 3 rings (SSSR count). The maximum atomic E-state index is 12.9. The van der Waals surface area contributed by atoms with E-state index in [0.29, 0.717) is 24.3 Å². The lowest BCUT2D eigenvalue weighted by Gasteiger charge is -2.19. The van der Waals surface area contributed by atoms with Crippen LogP contribution in [-0.2, 0) is 9.59 Å². The molecule has 0 heterocycles. The van der Waals surface area contributed by atoms with Crippen LogP contribution in [0.4, 0.5) is 11.4 Å². The molecule has 0 unspecified atom stereocenters. The Kier molecular flexibility index (Phi) is 4.96. The fraction of sp³-hybridized carbons (Fsp3) is 0.364. The van der Waals surface area contributed by atoms with Crippen molar-refractivity contribution in [3.8, 4) is 5.75 Å². The van der Waals surface area contributed by atoms with Crippen LogP contribution in [0.2, 0.25) is 0 Å². The summed E-state index contributed by atoms with van der Waals surface area (Å²) in [5.41, 5.74) is 4.51. The fourth-order valence-electron chi connectivity index (χ4n) is 3.45. The molecule has 2 amide bonds. The largest absolute Gasteiger partial charge is 0.495 e. The first kappa shape index (κ1) is 19.0. The van der Waals surface area contributed by atoms with Crippen molar-refractivity contribution in [1.29, 1.82) is 0 Å². The van der Waals surface area contributed by atoms with E-state index in [1.165, 1.54) is 0 Å². The summed E-state index contributed by atoms with van der Waals surface area (Å²) in [6.45, 7) is 7.90. The van der Waals surface area contributed by atoms with Gasteiger partial charge in [-0.05, 0) is 69.4 Å². The lowest BCUT2D eigenvalue weighted by molar-refractivity contribution is -0.131. The van der Waals surface area contributed by atoms with Crippen LogP contribution in [0, 0.1) is 33.1 Å². The monoisotopic (exact) mass is 366 g/mol. The molecular weight excluding hydrogens is 340 g/mol. The van der Waals surface area contributed by atoms with Gasteiger partial charge < -0.3 is 15.4 Å². The maximum Gasteiger partial charge on any atom is 0.240 e. The Bertz CT molecular complexity index is 891. The molecule has 2 N–H and O–H groups in total. The summed E-state index contributed by atoms with van der Waals surface area (Å²) in [5.74, 6) is 0.0448. The number of carbonyl (C=O) groups excluding carboxylic acids is 2. The summed E-state index contributed by atoms with van der Waals surface area (Å²) in [6, 6.07) is 9.62. The number of amides is 2. The van der Waals surface area contributed by atoms with Gasteiger partial charge in [0.25, 0.3) is 0 Å². The molecule has 1 fully saturated rings. The SMILES string of the molecule is COc1ccc(C)cc1NC(=O)C1(C(=O)Nc2c(C)cc(C)cc2C)CC1. The highest BCUT2D eigenvalue weighted by Crippen LogP contribution is 2.48. The minimum atomic E-state index is -1.02. The molecule has 0 bridgehead atoms. The average molecular weight is 366 g/mol. The zero-order valence-corrected chi connectivity index (χ0v) is 16.5. The second-order valence-corrected chi connectivity index (χ2v) is 7.47. The van der Waals surface area contributed by atoms with Crippen LogP contribution >= 0.6 is 0 Å². The zero-order chi connectivity index (χ0) is 19.8. The molecule has 2 aromatic rings. The molecule has 0 atom stereocenters. The minimum Gasteiger partial charge on any atom is -0.495 e. The van der Waals surface area contributed by atoms with Crippen molar-refractivity contribution in [1.82, 2.24) is 0 Å². The quantitative estimate of drug-likeness (QED) is 0.776. The molecule has 0 spiro atoms. The molecule has 142 valence electrons. The molecule has 1 aliphatic carbocycles. The third kappa shape index (κ3) is 3.68. The molecule has 0 aromatic heterocycles. The lowest BCUT2D eigenvalue weighted by atomic mass is 10.0. The predicted molar refractivity (Wildman–Crippen MR) is 107 cm³/mol. The summed E-state index contributed by atoms with van der Waals surface area (Å²) in [7, 11) is 1.56. The molecule has 0 aliphatic heterocycles. The topological polar surface area (TPSA) is 67.4 Å². The minimum absolute atomic E-state index is 0.248. The highest BCUT2D eigenvalue weighted by atomic mass is 16.5. The lowest BCUT2D eigenvalue weighted by Crippen LogP contribution is -2.36. The van der Waals surface area contributed by atoms with Gasteiger partial charge in [0.2, 0.25) is 11.8 Å². The fourth-order valence-corrected chi connectivity index (χ4v) is 3.45. The molecule has 5 nitrogen and oxygen atoms in total. The first-order valence-electron chi connectivity index (χ1n) is 9.12. The van der Waals surface area contributed by atoms with E-state index in [4.69, 9.17) is 4.74 Å². The van der Waals surface area contributed by atoms with Gasteiger partial charge in [-0.3, -0.25) is 9.59 Å². The number of hydrogen-bond acceptors (Lipinski definition) is 3. The number of carbonyl (C=O) groups is 2. The average Bonchev–Trinajstić information content (AvgIpc) is 3.40. The second-order valence-electron chi connectivity index (χ2n) is 7.47. The molecule has 1 aliphatic rings. The summed E-state index contributed by atoms with van der Waals surface area (Å²) in [6.07, 6.45) is 1.09. The van der Waals surface area contributed by atoms with Gasteiger partial charge >= 0.3 is 0 Å². The number of anilines is 2. The van der Waals surface area contributed by atoms with E-state index in [-0.39, 0.29) is 11.8 Å². The van der Waals surface area contributed by atoms with Crippen LogP contribution < -0.4 is 15.4 Å². The van der Waals surface area contributed by atoms with Crippen LogP contribution in [0.25, 0.3) is 0 Å². The summed E-state index contributed by atoms with van der Waals surface area (Å²) < 4.78 is 5.32.